The van der Waals surface area contributed by atoms with Crippen LogP contribution in [0.1, 0.15) is 63.0 Å². The number of anilines is 1. The van der Waals surface area contributed by atoms with Crippen molar-refractivity contribution < 1.29 is 14.3 Å². The van der Waals surface area contributed by atoms with E-state index in [0.717, 1.165) is 55.6 Å². The molecule has 1 atom stereocenters. The highest BCUT2D eigenvalue weighted by molar-refractivity contribution is 6.31. The maximum Gasteiger partial charge on any atom is 0.226 e. The van der Waals surface area contributed by atoms with Crippen molar-refractivity contribution >= 4 is 35.2 Å². The number of likely N-dealkylation sites (tertiary alicyclic amines) is 1. The van der Waals surface area contributed by atoms with E-state index in [4.69, 9.17) is 16.3 Å². The molecule has 1 heterocycles. The predicted molar refractivity (Wildman–Crippen MR) is 122 cm³/mol. The summed E-state index contributed by atoms with van der Waals surface area (Å²) in [4.78, 5) is 27.1. The molecule has 0 radical (unpaired) electrons. The summed E-state index contributed by atoms with van der Waals surface area (Å²) >= 11 is 6.31. The summed E-state index contributed by atoms with van der Waals surface area (Å²) in [6, 6.07) is 3.76. The topological polar surface area (TPSA) is 58.6 Å². The number of ether oxygens (including phenoxy) is 1. The van der Waals surface area contributed by atoms with Gasteiger partial charge < -0.3 is 15.0 Å². The van der Waals surface area contributed by atoms with Crippen molar-refractivity contribution in [2.75, 3.05) is 25.5 Å². The molecule has 1 aromatic carbocycles. The molecule has 164 valence electrons. The number of nitrogens with one attached hydrogen (secondary N) is 1. The van der Waals surface area contributed by atoms with Gasteiger partial charge in [-0.2, -0.15) is 0 Å². The van der Waals surface area contributed by atoms with E-state index in [2.05, 4.69) is 11.4 Å². The van der Waals surface area contributed by atoms with Crippen LogP contribution in [0.2, 0.25) is 5.02 Å². The lowest BCUT2D eigenvalue weighted by molar-refractivity contribution is -0.135. The summed E-state index contributed by atoms with van der Waals surface area (Å²) < 4.78 is 5.20. The minimum atomic E-state index is -0.138. The second-order valence-corrected chi connectivity index (χ2v) is 9.03. The van der Waals surface area contributed by atoms with E-state index >= 15 is 0 Å². The average molecular weight is 433 g/mol. The number of aryl methyl sites for hydroxylation is 1. The van der Waals surface area contributed by atoms with Crippen molar-refractivity contribution in [2.24, 2.45) is 5.92 Å². The zero-order chi connectivity index (χ0) is 21.7. The van der Waals surface area contributed by atoms with Gasteiger partial charge in [0.15, 0.2) is 0 Å². The monoisotopic (exact) mass is 432 g/mol. The van der Waals surface area contributed by atoms with Gasteiger partial charge >= 0.3 is 0 Å². The fourth-order valence-electron chi connectivity index (χ4n) is 4.40. The van der Waals surface area contributed by atoms with Gasteiger partial charge in [-0.05, 0) is 62.8 Å². The third-order valence-electron chi connectivity index (χ3n) is 6.25. The summed E-state index contributed by atoms with van der Waals surface area (Å²) in [5, 5.41) is 3.69. The predicted octanol–water partition coefficient (Wildman–Crippen LogP) is 5.21. The minimum absolute atomic E-state index is 0.0774. The Morgan fingerprint density at radius 2 is 1.93 bits per heavy atom. The standard InChI is InChI=1S/C24H33ClN2O3/c1-16-12-21(25)15-20(23(16)26-22(28)13-17(2)30-3)14-18-8-10-27(11-9-18)24(29)19-6-4-5-7-19/h12,14-15,17,19H,4-11,13H2,1-3H3,(H,26,28). The average Bonchev–Trinajstić information content (AvgIpc) is 3.25. The van der Waals surface area contributed by atoms with Crippen LogP contribution in [0, 0.1) is 12.8 Å². The van der Waals surface area contributed by atoms with Gasteiger partial charge in [0.1, 0.15) is 0 Å². The van der Waals surface area contributed by atoms with E-state index in [9.17, 15) is 9.59 Å². The number of piperidine rings is 1. The van der Waals surface area contributed by atoms with Crippen molar-refractivity contribution in [3.8, 4) is 0 Å². The smallest absolute Gasteiger partial charge is 0.226 e. The second kappa shape index (κ2) is 10.5. The molecule has 5 nitrogen and oxygen atoms in total. The Morgan fingerprint density at radius 1 is 1.27 bits per heavy atom. The van der Waals surface area contributed by atoms with Gasteiger partial charge in [-0.25, -0.2) is 0 Å². The molecular weight excluding hydrogens is 400 g/mol. The van der Waals surface area contributed by atoms with Crippen molar-refractivity contribution in [1.29, 1.82) is 0 Å². The third kappa shape index (κ3) is 5.86. The zero-order valence-electron chi connectivity index (χ0n) is 18.3. The highest BCUT2D eigenvalue weighted by Gasteiger charge is 2.28. The first kappa shape index (κ1) is 22.8. The van der Waals surface area contributed by atoms with Gasteiger partial charge in [-0.3, -0.25) is 9.59 Å². The number of benzene rings is 1. The maximum atomic E-state index is 12.7. The van der Waals surface area contributed by atoms with Crippen LogP contribution in [-0.4, -0.2) is 43.0 Å². The fourth-order valence-corrected chi connectivity index (χ4v) is 4.68. The highest BCUT2D eigenvalue weighted by atomic mass is 35.5. The number of carbonyl (C=O) groups excluding carboxylic acids is 2. The molecule has 3 rings (SSSR count). The normalized spacial score (nSPS) is 18.4. The van der Waals surface area contributed by atoms with Crippen LogP contribution in [0.25, 0.3) is 6.08 Å². The van der Waals surface area contributed by atoms with Crippen LogP contribution in [0.4, 0.5) is 5.69 Å². The van der Waals surface area contributed by atoms with E-state index in [-0.39, 0.29) is 17.9 Å². The fraction of sp³-hybridized carbons (Fsp3) is 0.583. The van der Waals surface area contributed by atoms with Crippen LogP contribution in [0.3, 0.4) is 0 Å². The van der Waals surface area contributed by atoms with Gasteiger partial charge in [0.05, 0.1) is 18.2 Å². The number of amides is 2. The molecule has 6 heteroatoms. The molecule has 1 unspecified atom stereocenters. The van der Waals surface area contributed by atoms with Crippen LogP contribution >= 0.6 is 11.6 Å². The van der Waals surface area contributed by atoms with E-state index in [0.29, 0.717) is 17.4 Å². The van der Waals surface area contributed by atoms with E-state index in [1.54, 1.807) is 7.11 Å². The molecule has 1 saturated heterocycles. The van der Waals surface area contributed by atoms with Crippen molar-refractivity contribution in [3.63, 3.8) is 0 Å². The molecule has 0 spiro atoms. The van der Waals surface area contributed by atoms with Crippen molar-refractivity contribution in [2.45, 2.75) is 64.9 Å². The van der Waals surface area contributed by atoms with Crippen molar-refractivity contribution in [1.82, 2.24) is 4.90 Å². The number of hydrogen-bond donors (Lipinski definition) is 1. The van der Waals surface area contributed by atoms with Crippen LogP contribution in [-0.2, 0) is 14.3 Å². The lowest BCUT2D eigenvalue weighted by Gasteiger charge is -2.30. The molecule has 0 bridgehead atoms. The largest absolute Gasteiger partial charge is 0.381 e. The van der Waals surface area contributed by atoms with Gasteiger partial charge in [-0.15, -0.1) is 0 Å². The molecule has 1 aromatic rings. The van der Waals surface area contributed by atoms with E-state index in [1.165, 1.54) is 18.4 Å². The quantitative estimate of drug-likeness (QED) is 0.671. The number of hydrogen-bond acceptors (Lipinski definition) is 3. The van der Waals surface area contributed by atoms with Crippen LogP contribution < -0.4 is 5.32 Å². The van der Waals surface area contributed by atoms with Gasteiger partial charge in [-0.1, -0.05) is 36.1 Å². The number of methoxy groups -OCH3 is 1. The molecule has 1 aliphatic heterocycles. The number of rotatable bonds is 6. The number of carbonyl (C=O) groups is 2. The van der Waals surface area contributed by atoms with Gasteiger partial charge in [0.2, 0.25) is 11.8 Å². The molecule has 30 heavy (non-hydrogen) atoms. The van der Waals surface area contributed by atoms with Gasteiger partial charge in [0.25, 0.3) is 0 Å². The lowest BCUT2D eigenvalue weighted by atomic mass is 9.97. The van der Waals surface area contributed by atoms with Crippen molar-refractivity contribution in [3.05, 3.63) is 33.9 Å². The molecular formula is C24H33ClN2O3. The Bertz CT molecular complexity index is 805. The molecule has 1 aliphatic carbocycles. The first-order chi connectivity index (χ1) is 14.4. The zero-order valence-corrected chi connectivity index (χ0v) is 19.1. The molecule has 2 amide bonds. The first-order valence-corrected chi connectivity index (χ1v) is 11.4. The van der Waals surface area contributed by atoms with Gasteiger partial charge in [0, 0.05) is 31.1 Å². The highest BCUT2D eigenvalue weighted by Crippen LogP contribution is 2.31. The molecule has 1 saturated carbocycles. The summed E-state index contributed by atoms with van der Waals surface area (Å²) in [7, 11) is 1.60. The number of halogens is 1. The van der Waals surface area contributed by atoms with E-state index in [1.807, 2.05) is 30.9 Å². The summed E-state index contributed by atoms with van der Waals surface area (Å²) in [5.74, 6) is 0.499. The summed E-state index contributed by atoms with van der Waals surface area (Å²) in [6.45, 7) is 5.37. The molecule has 1 N–H and O–H groups in total. The Balaban J connectivity index is 1.70. The SMILES string of the molecule is COC(C)CC(=O)Nc1c(C)cc(Cl)cc1C=C1CCN(C(=O)C2CCCC2)CC1. The third-order valence-corrected chi connectivity index (χ3v) is 6.47. The second-order valence-electron chi connectivity index (χ2n) is 8.59. The Labute approximate surface area is 184 Å². The number of nitrogens with zero attached hydrogens (tertiary/aromatic N) is 1. The Hall–Kier alpha value is -1.85. The summed E-state index contributed by atoms with van der Waals surface area (Å²) in [5.41, 5.74) is 3.93. The Morgan fingerprint density at radius 3 is 2.57 bits per heavy atom. The first-order valence-electron chi connectivity index (χ1n) is 11.0. The van der Waals surface area contributed by atoms with Crippen LogP contribution in [0.5, 0.6) is 0 Å². The molecule has 2 aliphatic rings. The molecule has 0 aromatic heterocycles. The Kier molecular flexibility index (Phi) is 7.95. The molecule has 2 fully saturated rings. The van der Waals surface area contributed by atoms with E-state index < -0.39 is 0 Å². The summed E-state index contributed by atoms with van der Waals surface area (Å²) in [6.07, 6.45) is 8.47. The maximum absolute atomic E-state index is 12.7. The lowest BCUT2D eigenvalue weighted by Crippen LogP contribution is -2.39. The minimum Gasteiger partial charge on any atom is -0.381 e. The van der Waals surface area contributed by atoms with Crippen LogP contribution in [0.15, 0.2) is 17.7 Å².